The van der Waals surface area contributed by atoms with E-state index in [1.54, 1.807) is 18.5 Å². The smallest absolute Gasteiger partial charge is 0.270 e. The van der Waals surface area contributed by atoms with E-state index in [9.17, 15) is 10.1 Å². The van der Waals surface area contributed by atoms with Crippen molar-refractivity contribution >= 4 is 21.6 Å². The summed E-state index contributed by atoms with van der Waals surface area (Å²) >= 11 is 3.29. The Hall–Kier alpha value is -1.79. The molecule has 2 aromatic rings. The number of hydrogen-bond donors (Lipinski definition) is 1. The molecule has 0 aliphatic rings. The van der Waals surface area contributed by atoms with Crippen molar-refractivity contribution < 1.29 is 4.92 Å². The summed E-state index contributed by atoms with van der Waals surface area (Å²) in [5.74, 6) is 0. The van der Waals surface area contributed by atoms with Crippen molar-refractivity contribution in [2.75, 3.05) is 6.54 Å². The zero-order valence-corrected chi connectivity index (χ0v) is 12.3. The largest absolute Gasteiger partial charge is 0.312 e. The van der Waals surface area contributed by atoms with Gasteiger partial charge in [-0.1, -0.05) is 15.9 Å². The van der Waals surface area contributed by atoms with Crippen LogP contribution in [0.5, 0.6) is 0 Å². The number of hydrogen-bond acceptors (Lipinski definition) is 4. The van der Waals surface area contributed by atoms with E-state index in [4.69, 9.17) is 0 Å². The highest BCUT2D eigenvalue weighted by Gasteiger charge is 2.08. The highest BCUT2D eigenvalue weighted by Crippen LogP contribution is 2.21. The molecule has 6 heteroatoms. The minimum absolute atomic E-state index is 0.102. The van der Waals surface area contributed by atoms with E-state index < -0.39 is 0 Å². The van der Waals surface area contributed by atoms with Crippen molar-refractivity contribution in [1.29, 1.82) is 0 Å². The maximum atomic E-state index is 10.8. The molecule has 0 fully saturated rings. The Labute approximate surface area is 125 Å². The predicted octanol–water partition coefficient (Wildman–Crippen LogP) is 3.08. The topological polar surface area (TPSA) is 68.1 Å². The number of nitrogens with zero attached hydrogens (tertiary/aromatic N) is 2. The molecule has 0 unspecified atom stereocenters. The summed E-state index contributed by atoms with van der Waals surface area (Å²) in [5, 5.41) is 14.1. The zero-order valence-electron chi connectivity index (χ0n) is 10.8. The summed E-state index contributed by atoms with van der Waals surface area (Å²) in [5.41, 5.74) is 2.21. The molecule has 0 spiro atoms. The van der Waals surface area contributed by atoms with Gasteiger partial charge < -0.3 is 5.32 Å². The van der Waals surface area contributed by atoms with Gasteiger partial charge in [-0.3, -0.25) is 15.1 Å². The normalized spacial score (nSPS) is 10.4. The Morgan fingerprint density at radius 1 is 1.20 bits per heavy atom. The van der Waals surface area contributed by atoms with E-state index in [-0.39, 0.29) is 10.6 Å². The van der Waals surface area contributed by atoms with E-state index in [0.717, 1.165) is 23.0 Å². The third-order valence-corrected chi connectivity index (χ3v) is 3.28. The van der Waals surface area contributed by atoms with Crippen molar-refractivity contribution in [3.8, 4) is 0 Å². The number of rotatable bonds is 6. The van der Waals surface area contributed by atoms with E-state index in [0.29, 0.717) is 6.54 Å². The third kappa shape index (κ3) is 4.40. The number of nitrogens with one attached hydrogen (secondary N) is 1. The van der Waals surface area contributed by atoms with Crippen LogP contribution in [0.2, 0.25) is 0 Å². The van der Waals surface area contributed by atoms with E-state index in [2.05, 4.69) is 26.2 Å². The van der Waals surface area contributed by atoms with E-state index in [1.165, 1.54) is 11.6 Å². The summed E-state index contributed by atoms with van der Waals surface area (Å²) in [4.78, 5) is 14.4. The molecule has 0 amide bonds. The van der Waals surface area contributed by atoms with Crippen LogP contribution in [-0.4, -0.2) is 16.5 Å². The SMILES string of the molecule is O=[N+]([O-])c1cc(Br)cc(CNCCc2ccncc2)c1. The highest BCUT2D eigenvalue weighted by atomic mass is 79.9. The van der Waals surface area contributed by atoms with Gasteiger partial charge in [-0.15, -0.1) is 0 Å². The van der Waals surface area contributed by atoms with Gasteiger partial charge in [0.1, 0.15) is 0 Å². The lowest BCUT2D eigenvalue weighted by molar-refractivity contribution is -0.385. The van der Waals surface area contributed by atoms with Crippen LogP contribution in [0, 0.1) is 10.1 Å². The summed E-state index contributed by atoms with van der Waals surface area (Å²) < 4.78 is 0.720. The molecular formula is C14H14BrN3O2. The number of nitro benzene ring substituents is 1. The van der Waals surface area contributed by atoms with Gasteiger partial charge in [0.15, 0.2) is 0 Å². The molecular weight excluding hydrogens is 322 g/mol. The lowest BCUT2D eigenvalue weighted by atomic mass is 10.2. The van der Waals surface area contributed by atoms with Gasteiger partial charge in [-0.25, -0.2) is 0 Å². The average molecular weight is 336 g/mol. The highest BCUT2D eigenvalue weighted by molar-refractivity contribution is 9.10. The lowest BCUT2D eigenvalue weighted by Gasteiger charge is -2.06. The number of non-ortho nitro benzene ring substituents is 1. The fourth-order valence-electron chi connectivity index (χ4n) is 1.86. The van der Waals surface area contributed by atoms with Gasteiger partial charge in [0, 0.05) is 35.5 Å². The zero-order chi connectivity index (χ0) is 14.4. The summed E-state index contributed by atoms with van der Waals surface area (Å²) in [6.07, 6.45) is 4.44. The molecule has 1 aromatic heterocycles. The van der Waals surface area contributed by atoms with Gasteiger partial charge in [0.2, 0.25) is 0 Å². The van der Waals surface area contributed by atoms with Gasteiger partial charge in [0.05, 0.1) is 4.92 Å². The Morgan fingerprint density at radius 3 is 2.65 bits per heavy atom. The Balaban J connectivity index is 1.86. The molecule has 1 heterocycles. The quantitative estimate of drug-likeness (QED) is 0.500. The molecule has 0 aliphatic heterocycles. The fourth-order valence-corrected chi connectivity index (χ4v) is 2.38. The lowest BCUT2D eigenvalue weighted by Crippen LogP contribution is -2.16. The predicted molar refractivity (Wildman–Crippen MR) is 80.4 cm³/mol. The second-order valence-corrected chi connectivity index (χ2v) is 5.27. The Kier molecular flexibility index (Phi) is 5.20. The van der Waals surface area contributed by atoms with Crippen LogP contribution in [-0.2, 0) is 13.0 Å². The molecule has 0 aliphatic carbocycles. The first kappa shape index (κ1) is 14.6. The number of halogens is 1. The van der Waals surface area contributed by atoms with E-state index >= 15 is 0 Å². The molecule has 0 bridgehead atoms. The number of pyridine rings is 1. The maximum Gasteiger partial charge on any atom is 0.270 e. The second kappa shape index (κ2) is 7.12. The maximum absolute atomic E-state index is 10.8. The Morgan fingerprint density at radius 2 is 1.95 bits per heavy atom. The van der Waals surface area contributed by atoms with Crippen LogP contribution in [0.15, 0.2) is 47.2 Å². The van der Waals surface area contributed by atoms with Gasteiger partial charge in [-0.2, -0.15) is 0 Å². The van der Waals surface area contributed by atoms with Crippen LogP contribution in [0.25, 0.3) is 0 Å². The van der Waals surface area contributed by atoms with Crippen LogP contribution < -0.4 is 5.32 Å². The first-order valence-electron chi connectivity index (χ1n) is 6.18. The number of benzene rings is 1. The first-order valence-corrected chi connectivity index (χ1v) is 6.98. The second-order valence-electron chi connectivity index (χ2n) is 4.36. The summed E-state index contributed by atoms with van der Waals surface area (Å²) in [6, 6.07) is 8.92. The summed E-state index contributed by atoms with van der Waals surface area (Å²) in [7, 11) is 0. The third-order valence-electron chi connectivity index (χ3n) is 2.82. The molecule has 5 nitrogen and oxygen atoms in total. The van der Waals surface area contributed by atoms with Crippen molar-refractivity contribution in [3.63, 3.8) is 0 Å². The van der Waals surface area contributed by atoms with Crippen molar-refractivity contribution in [2.24, 2.45) is 0 Å². The standard InChI is InChI=1S/C14H14BrN3O2/c15-13-7-12(8-14(9-13)18(19)20)10-17-6-3-11-1-4-16-5-2-11/h1-2,4-5,7-9,17H,3,6,10H2. The van der Waals surface area contributed by atoms with Crippen molar-refractivity contribution in [2.45, 2.75) is 13.0 Å². The molecule has 1 N–H and O–H groups in total. The molecule has 0 saturated carbocycles. The molecule has 1 aromatic carbocycles. The number of aromatic nitrogens is 1. The Bertz CT molecular complexity index is 590. The minimum atomic E-state index is -0.384. The van der Waals surface area contributed by atoms with Crippen LogP contribution in [0.4, 0.5) is 5.69 Å². The summed E-state index contributed by atoms with van der Waals surface area (Å²) in [6.45, 7) is 1.41. The molecule has 2 rings (SSSR count). The average Bonchev–Trinajstić information content (AvgIpc) is 2.44. The molecule has 0 atom stereocenters. The minimum Gasteiger partial charge on any atom is -0.312 e. The molecule has 0 saturated heterocycles. The van der Waals surface area contributed by atoms with Crippen LogP contribution in [0.1, 0.15) is 11.1 Å². The van der Waals surface area contributed by atoms with Gasteiger partial charge >= 0.3 is 0 Å². The molecule has 0 radical (unpaired) electrons. The first-order chi connectivity index (χ1) is 9.65. The monoisotopic (exact) mass is 335 g/mol. The van der Waals surface area contributed by atoms with Crippen LogP contribution >= 0.6 is 15.9 Å². The van der Waals surface area contributed by atoms with Crippen LogP contribution in [0.3, 0.4) is 0 Å². The van der Waals surface area contributed by atoms with Crippen molar-refractivity contribution in [1.82, 2.24) is 10.3 Å². The molecule has 104 valence electrons. The molecule has 20 heavy (non-hydrogen) atoms. The van der Waals surface area contributed by atoms with Gasteiger partial charge in [-0.05, 0) is 42.3 Å². The fraction of sp³-hybridized carbons (Fsp3) is 0.214. The van der Waals surface area contributed by atoms with Crippen molar-refractivity contribution in [3.05, 3.63) is 68.4 Å². The van der Waals surface area contributed by atoms with E-state index in [1.807, 2.05) is 18.2 Å². The van der Waals surface area contributed by atoms with Gasteiger partial charge in [0.25, 0.3) is 5.69 Å². The number of nitro groups is 1.